The maximum Gasteiger partial charge on any atom is 0.254 e. The van der Waals surface area contributed by atoms with Crippen molar-refractivity contribution >= 4 is 25.8 Å². The van der Waals surface area contributed by atoms with Crippen molar-refractivity contribution < 1.29 is 21.6 Å². The molecule has 2 aliphatic heterocycles. The van der Waals surface area contributed by atoms with Crippen LogP contribution in [-0.4, -0.2) is 68.6 Å². The number of amides is 1. The molecule has 1 aromatic rings. The van der Waals surface area contributed by atoms with Gasteiger partial charge in [-0.25, -0.2) is 16.8 Å². The van der Waals surface area contributed by atoms with Gasteiger partial charge in [-0.05, 0) is 49.9 Å². The van der Waals surface area contributed by atoms with Gasteiger partial charge in [0, 0.05) is 37.0 Å². The minimum absolute atomic E-state index is 0.0648. The number of nitrogens with zero attached hydrogens (tertiary/aromatic N) is 2. The molecule has 9 heteroatoms. The Hall–Kier alpha value is -1.45. The van der Waals surface area contributed by atoms with Gasteiger partial charge in [0.1, 0.15) is 9.84 Å². The maximum atomic E-state index is 13.0. The van der Waals surface area contributed by atoms with Gasteiger partial charge in [-0.3, -0.25) is 4.79 Å². The number of carbonyl (C=O) groups is 1. The number of rotatable bonds is 6. The molecule has 0 aromatic heterocycles. The molecule has 0 spiro atoms. The van der Waals surface area contributed by atoms with Crippen molar-refractivity contribution in [2.45, 2.75) is 61.8 Å². The third-order valence-electron chi connectivity index (χ3n) is 5.97. The zero-order chi connectivity index (χ0) is 20.7. The van der Waals surface area contributed by atoms with E-state index in [0.29, 0.717) is 31.5 Å². The van der Waals surface area contributed by atoms with E-state index in [1.165, 1.54) is 22.7 Å². The fourth-order valence-corrected chi connectivity index (χ4v) is 7.04. The highest BCUT2D eigenvalue weighted by Crippen LogP contribution is 2.39. The SMILES string of the molecule is CCN(CC)S(=O)(=O)c1ccc(C(=O)N2C3CCC2CC(S(C)(=O)=O)C3)cc1. The molecule has 7 nitrogen and oxygen atoms in total. The highest BCUT2D eigenvalue weighted by Gasteiger charge is 2.46. The Balaban J connectivity index is 1.80. The molecule has 2 bridgehead atoms. The average molecular weight is 429 g/mol. The molecule has 2 atom stereocenters. The normalized spacial score (nSPS) is 25.3. The zero-order valence-electron chi connectivity index (χ0n) is 16.5. The molecule has 0 saturated carbocycles. The van der Waals surface area contributed by atoms with Crippen LogP contribution in [0.4, 0.5) is 0 Å². The molecule has 28 heavy (non-hydrogen) atoms. The van der Waals surface area contributed by atoms with E-state index in [9.17, 15) is 21.6 Å². The van der Waals surface area contributed by atoms with E-state index in [0.717, 1.165) is 12.8 Å². The Morgan fingerprint density at radius 3 is 1.93 bits per heavy atom. The van der Waals surface area contributed by atoms with Gasteiger partial charge in [-0.2, -0.15) is 4.31 Å². The second-order valence-electron chi connectivity index (χ2n) is 7.63. The third-order valence-corrected chi connectivity index (χ3v) is 9.63. The molecule has 1 amide bonds. The lowest BCUT2D eigenvalue weighted by Gasteiger charge is -2.38. The van der Waals surface area contributed by atoms with Crippen LogP contribution in [-0.2, 0) is 19.9 Å². The van der Waals surface area contributed by atoms with Gasteiger partial charge in [0.25, 0.3) is 5.91 Å². The van der Waals surface area contributed by atoms with Crippen molar-refractivity contribution in [1.29, 1.82) is 0 Å². The standard InChI is InChI=1S/C19H28N2O5S2/c1-4-20(5-2)28(25,26)17-10-6-14(7-11-17)19(22)21-15-8-9-16(21)13-18(12-15)27(3,23)24/h6-7,10-11,15-16,18H,4-5,8-9,12-13H2,1-3H3. The first-order valence-corrected chi connectivity index (χ1v) is 13.1. The predicted molar refractivity (Wildman–Crippen MR) is 107 cm³/mol. The second-order valence-corrected chi connectivity index (χ2v) is 11.9. The lowest BCUT2D eigenvalue weighted by atomic mass is 10.0. The van der Waals surface area contributed by atoms with Crippen LogP contribution in [0.1, 0.15) is 49.9 Å². The van der Waals surface area contributed by atoms with Crippen LogP contribution >= 0.6 is 0 Å². The first kappa shape index (κ1) is 21.3. The smallest absolute Gasteiger partial charge is 0.254 e. The van der Waals surface area contributed by atoms with Crippen LogP contribution in [0.2, 0.25) is 0 Å². The number of hydrogen-bond donors (Lipinski definition) is 0. The summed E-state index contributed by atoms with van der Waals surface area (Å²) in [4.78, 5) is 15.0. The van der Waals surface area contributed by atoms with Gasteiger partial charge < -0.3 is 4.90 Å². The predicted octanol–water partition coefficient (Wildman–Crippen LogP) is 1.90. The molecule has 2 unspecified atom stereocenters. The quantitative estimate of drug-likeness (QED) is 0.690. The number of carbonyl (C=O) groups excluding carboxylic acids is 1. The van der Waals surface area contributed by atoms with Gasteiger partial charge >= 0.3 is 0 Å². The van der Waals surface area contributed by atoms with Crippen molar-refractivity contribution in [2.75, 3.05) is 19.3 Å². The number of fused-ring (bicyclic) bond motifs is 2. The second kappa shape index (κ2) is 7.76. The van der Waals surface area contributed by atoms with E-state index >= 15 is 0 Å². The van der Waals surface area contributed by atoms with Crippen LogP contribution in [0, 0.1) is 0 Å². The molecule has 3 rings (SSSR count). The van der Waals surface area contributed by atoms with Crippen LogP contribution in [0.5, 0.6) is 0 Å². The van der Waals surface area contributed by atoms with Gasteiger partial charge in [-0.15, -0.1) is 0 Å². The van der Waals surface area contributed by atoms with Crippen LogP contribution in [0.25, 0.3) is 0 Å². The fraction of sp³-hybridized carbons (Fsp3) is 0.632. The van der Waals surface area contributed by atoms with E-state index < -0.39 is 19.9 Å². The van der Waals surface area contributed by atoms with Crippen LogP contribution < -0.4 is 0 Å². The number of sulfone groups is 1. The van der Waals surface area contributed by atoms with E-state index in [-0.39, 0.29) is 28.1 Å². The summed E-state index contributed by atoms with van der Waals surface area (Å²) < 4.78 is 50.4. The largest absolute Gasteiger partial charge is 0.333 e. The highest BCUT2D eigenvalue weighted by molar-refractivity contribution is 7.91. The molecule has 0 N–H and O–H groups in total. The van der Waals surface area contributed by atoms with Crippen LogP contribution in [0.3, 0.4) is 0 Å². The third kappa shape index (κ3) is 3.84. The first-order valence-electron chi connectivity index (χ1n) is 9.71. The molecule has 2 saturated heterocycles. The molecule has 0 aliphatic carbocycles. The monoisotopic (exact) mass is 428 g/mol. The number of piperidine rings is 1. The Kier molecular flexibility index (Phi) is 5.89. The molecule has 2 fully saturated rings. The van der Waals surface area contributed by atoms with Gasteiger partial charge in [0.2, 0.25) is 10.0 Å². The minimum atomic E-state index is -3.56. The Morgan fingerprint density at radius 2 is 1.50 bits per heavy atom. The summed E-state index contributed by atoms with van der Waals surface area (Å²) in [5.41, 5.74) is 0.438. The summed E-state index contributed by atoms with van der Waals surface area (Å²) >= 11 is 0. The van der Waals surface area contributed by atoms with Crippen LogP contribution in [0.15, 0.2) is 29.2 Å². The van der Waals surface area contributed by atoms with E-state index in [4.69, 9.17) is 0 Å². The average Bonchev–Trinajstić information content (AvgIpc) is 2.90. The minimum Gasteiger partial charge on any atom is -0.333 e. The highest BCUT2D eigenvalue weighted by atomic mass is 32.2. The van der Waals surface area contributed by atoms with Crippen molar-refractivity contribution in [1.82, 2.24) is 9.21 Å². The molecular formula is C19H28N2O5S2. The lowest BCUT2D eigenvalue weighted by Crippen LogP contribution is -2.49. The summed E-state index contributed by atoms with van der Waals surface area (Å²) in [6.07, 6.45) is 3.86. The topological polar surface area (TPSA) is 91.8 Å². The Morgan fingerprint density at radius 1 is 1.00 bits per heavy atom. The van der Waals surface area contributed by atoms with Gasteiger partial charge in [-0.1, -0.05) is 13.8 Å². The first-order chi connectivity index (χ1) is 13.1. The summed E-state index contributed by atoms with van der Waals surface area (Å²) in [5.74, 6) is -0.147. The zero-order valence-corrected chi connectivity index (χ0v) is 18.2. The number of hydrogen-bond acceptors (Lipinski definition) is 5. The van der Waals surface area contributed by atoms with E-state index in [2.05, 4.69) is 0 Å². The summed E-state index contributed by atoms with van der Waals surface area (Å²) in [6, 6.07) is 5.94. The maximum absolute atomic E-state index is 13.0. The fourth-order valence-electron chi connectivity index (χ4n) is 4.44. The molecule has 2 heterocycles. The van der Waals surface area contributed by atoms with Crippen molar-refractivity contribution in [3.05, 3.63) is 29.8 Å². The summed E-state index contributed by atoms with van der Waals surface area (Å²) in [7, 11) is -6.67. The van der Waals surface area contributed by atoms with E-state index in [1.807, 2.05) is 4.90 Å². The Bertz CT molecular complexity index is 923. The van der Waals surface area contributed by atoms with Gasteiger partial charge in [0.05, 0.1) is 10.1 Å². The van der Waals surface area contributed by atoms with Crippen molar-refractivity contribution in [2.24, 2.45) is 0 Å². The number of sulfonamides is 1. The van der Waals surface area contributed by atoms with Crippen molar-refractivity contribution in [3.63, 3.8) is 0 Å². The molecule has 2 aliphatic rings. The molecule has 0 radical (unpaired) electrons. The number of benzene rings is 1. The van der Waals surface area contributed by atoms with E-state index in [1.54, 1.807) is 26.0 Å². The molecule has 1 aromatic carbocycles. The molecule has 156 valence electrons. The van der Waals surface area contributed by atoms with Gasteiger partial charge in [0.15, 0.2) is 0 Å². The van der Waals surface area contributed by atoms with Crippen molar-refractivity contribution in [3.8, 4) is 0 Å². The lowest BCUT2D eigenvalue weighted by molar-refractivity contribution is 0.0598. The molecular weight excluding hydrogens is 400 g/mol. The summed E-state index contributed by atoms with van der Waals surface area (Å²) in [5, 5.41) is -0.379. The Labute approximate surface area is 167 Å². The summed E-state index contributed by atoms with van der Waals surface area (Å²) in [6.45, 7) is 4.35.